The molecule has 1 fully saturated rings. The number of rotatable bonds is 0. The smallest absolute Gasteiger partial charge is 0.127 e. The van der Waals surface area contributed by atoms with E-state index in [0.29, 0.717) is 11.4 Å². The maximum absolute atomic E-state index is 10.2. The van der Waals surface area contributed by atoms with E-state index in [4.69, 9.17) is 16.3 Å². The van der Waals surface area contributed by atoms with Gasteiger partial charge in [0.25, 0.3) is 0 Å². The fraction of sp³-hybridized carbons (Fsp3) is 0.538. The number of nitrogens with one attached hydrogen (secondary N) is 1. The molecule has 1 saturated heterocycles. The summed E-state index contributed by atoms with van der Waals surface area (Å²) in [5.74, 6) is 0.748. The second kappa shape index (κ2) is 4.16. The van der Waals surface area contributed by atoms with Gasteiger partial charge in [-0.15, -0.1) is 0 Å². The molecule has 1 unspecified atom stereocenters. The van der Waals surface area contributed by atoms with Gasteiger partial charge in [0.15, 0.2) is 0 Å². The van der Waals surface area contributed by atoms with Crippen molar-refractivity contribution in [1.82, 2.24) is 5.32 Å². The van der Waals surface area contributed by atoms with E-state index >= 15 is 0 Å². The van der Waals surface area contributed by atoms with E-state index in [-0.39, 0.29) is 5.60 Å². The van der Waals surface area contributed by atoms with Crippen LogP contribution in [0.3, 0.4) is 0 Å². The van der Waals surface area contributed by atoms with Crippen molar-refractivity contribution >= 4 is 11.6 Å². The molecule has 1 atom stereocenters. The van der Waals surface area contributed by atoms with Crippen molar-refractivity contribution in [2.75, 3.05) is 13.1 Å². The van der Waals surface area contributed by atoms with E-state index in [9.17, 15) is 5.11 Å². The number of hydrogen-bond donors (Lipinski definition) is 2. The molecule has 0 aliphatic carbocycles. The fourth-order valence-corrected chi connectivity index (χ4v) is 2.96. The number of fused-ring (bicyclic) bond motifs is 1. The molecular formula is C13H16ClNO2. The highest BCUT2D eigenvalue weighted by molar-refractivity contribution is 6.30. The Bertz CT molecular complexity index is 429. The first kappa shape index (κ1) is 11.3. The number of aliphatic hydroxyl groups is 1. The van der Waals surface area contributed by atoms with Gasteiger partial charge in [0.05, 0.1) is 6.10 Å². The minimum Gasteiger partial charge on any atom is -0.487 e. The first-order valence-electron chi connectivity index (χ1n) is 6.06. The van der Waals surface area contributed by atoms with Crippen LogP contribution in [0.15, 0.2) is 18.2 Å². The number of aliphatic hydroxyl groups excluding tert-OH is 1. The summed E-state index contributed by atoms with van der Waals surface area (Å²) >= 11 is 5.98. The Hall–Kier alpha value is -0.770. The molecule has 4 heteroatoms. The van der Waals surface area contributed by atoms with Gasteiger partial charge in [-0.25, -0.2) is 0 Å². The van der Waals surface area contributed by atoms with Crippen LogP contribution in [-0.4, -0.2) is 23.8 Å². The lowest BCUT2D eigenvalue weighted by atomic mass is 9.82. The number of halogens is 1. The van der Waals surface area contributed by atoms with Gasteiger partial charge in [-0.05, 0) is 38.1 Å². The van der Waals surface area contributed by atoms with Crippen LogP contribution in [0.2, 0.25) is 5.02 Å². The van der Waals surface area contributed by atoms with E-state index in [1.54, 1.807) is 6.07 Å². The Labute approximate surface area is 106 Å². The summed E-state index contributed by atoms with van der Waals surface area (Å²) in [6, 6.07) is 5.46. The number of ether oxygens (including phenoxy) is 1. The van der Waals surface area contributed by atoms with Gasteiger partial charge >= 0.3 is 0 Å². The minimum absolute atomic E-state index is 0.206. The van der Waals surface area contributed by atoms with Gasteiger partial charge in [0, 0.05) is 17.0 Å². The van der Waals surface area contributed by atoms with E-state index < -0.39 is 6.10 Å². The first-order chi connectivity index (χ1) is 8.19. The Morgan fingerprint density at radius 3 is 2.88 bits per heavy atom. The third-order valence-corrected chi connectivity index (χ3v) is 3.98. The summed E-state index contributed by atoms with van der Waals surface area (Å²) in [4.78, 5) is 0. The van der Waals surface area contributed by atoms with Gasteiger partial charge in [-0.3, -0.25) is 0 Å². The van der Waals surface area contributed by atoms with Crippen molar-refractivity contribution in [2.24, 2.45) is 0 Å². The highest BCUT2D eigenvalue weighted by atomic mass is 35.5. The second-order valence-electron chi connectivity index (χ2n) is 4.94. The average molecular weight is 254 g/mol. The Kier molecular flexibility index (Phi) is 2.77. The van der Waals surface area contributed by atoms with Crippen LogP contribution >= 0.6 is 11.6 Å². The summed E-state index contributed by atoms with van der Waals surface area (Å²) in [5.41, 5.74) is 0.654. The molecule has 0 radical (unpaired) electrons. The summed E-state index contributed by atoms with van der Waals surface area (Å²) in [5, 5.41) is 14.2. The molecule has 2 aliphatic heterocycles. The van der Waals surface area contributed by atoms with Crippen molar-refractivity contribution < 1.29 is 9.84 Å². The Morgan fingerprint density at radius 2 is 2.12 bits per heavy atom. The zero-order valence-corrected chi connectivity index (χ0v) is 10.3. The van der Waals surface area contributed by atoms with Crippen LogP contribution in [0.4, 0.5) is 0 Å². The molecule has 1 aromatic rings. The number of hydrogen-bond acceptors (Lipinski definition) is 3. The topological polar surface area (TPSA) is 41.5 Å². The van der Waals surface area contributed by atoms with Crippen LogP contribution in [0.1, 0.15) is 30.9 Å². The van der Waals surface area contributed by atoms with Crippen molar-refractivity contribution in [3.05, 3.63) is 28.8 Å². The highest BCUT2D eigenvalue weighted by Gasteiger charge is 2.41. The molecule has 1 spiro atoms. The lowest BCUT2D eigenvalue weighted by molar-refractivity contribution is -0.0336. The lowest BCUT2D eigenvalue weighted by Gasteiger charge is -2.43. The van der Waals surface area contributed by atoms with Crippen LogP contribution in [0.5, 0.6) is 5.75 Å². The van der Waals surface area contributed by atoms with Crippen molar-refractivity contribution in [3.8, 4) is 5.75 Å². The molecule has 0 bridgehead atoms. The molecule has 0 saturated carbocycles. The molecular weight excluding hydrogens is 238 g/mol. The SMILES string of the molecule is OC1CC2(CCNCC2)Oc2cc(Cl)ccc21. The van der Waals surface area contributed by atoms with Crippen LogP contribution < -0.4 is 10.1 Å². The molecule has 1 aromatic carbocycles. The normalized spacial score (nSPS) is 26.4. The lowest BCUT2D eigenvalue weighted by Crippen LogP contribution is -2.49. The molecule has 2 N–H and O–H groups in total. The van der Waals surface area contributed by atoms with E-state index in [2.05, 4.69) is 5.32 Å². The molecule has 2 aliphatic rings. The van der Waals surface area contributed by atoms with Crippen molar-refractivity contribution in [2.45, 2.75) is 31.0 Å². The molecule has 17 heavy (non-hydrogen) atoms. The van der Waals surface area contributed by atoms with Gasteiger partial charge in [-0.2, -0.15) is 0 Å². The zero-order chi connectivity index (χ0) is 11.9. The van der Waals surface area contributed by atoms with Crippen LogP contribution in [-0.2, 0) is 0 Å². The van der Waals surface area contributed by atoms with Crippen molar-refractivity contribution in [1.29, 1.82) is 0 Å². The standard InChI is InChI=1S/C13H16ClNO2/c14-9-1-2-10-11(16)8-13(17-12(10)7-9)3-5-15-6-4-13/h1-2,7,11,15-16H,3-6,8H2. The Morgan fingerprint density at radius 1 is 1.35 bits per heavy atom. The summed E-state index contributed by atoms with van der Waals surface area (Å²) in [7, 11) is 0. The van der Waals surface area contributed by atoms with Gasteiger partial charge in [0.1, 0.15) is 11.4 Å². The second-order valence-corrected chi connectivity index (χ2v) is 5.37. The minimum atomic E-state index is -0.436. The maximum Gasteiger partial charge on any atom is 0.127 e. The van der Waals surface area contributed by atoms with E-state index in [0.717, 1.165) is 37.2 Å². The summed E-state index contributed by atoms with van der Waals surface area (Å²) < 4.78 is 6.13. The zero-order valence-electron chi connectivity index (χ0n) is 9.58. The molecule has 92 valence electrons. The number of piperidine rings is 1. The maximum atomic E-state index is 10.2. The van der Waals surface area contributed by atoms with Gasteiger partial charge in [-0.1, -0.05) is 17.7 Å². The van der Waals surface area contributed by atoms with E-state index in [1.165, 1.54) is 0 Å². The third-order valence-electron chi connectivity index (χ3n) is 3.74. The predicted molar refractivity (Wildman–Crippen MR) is 66.5 cm³/mol. The molecule has 3 nitrogen and oxygen atoms in total. The molecule has 0 aromatic heterocycles. The van der Waals surface area contributed by atoms with Crippen molar-refractivity contribution in [3.63, 3.8) is 0 Å². The number of benzene rings is 1. The molecule has 0 amide bonds. The average Bonchev–Trinajstić information content (AvgIpc) is 2.29. The largest absolute Gasteiger partial charge is 0.487 e. The van der Waals surface area contributed by atoms with Gasteiger partial charge < -0.3 is 15.2 Å². The van der Waals surface area contributed by atoms with Gasteiger partial charge in [0.2, 0.25) is 0 Å². The fourth-order valence-electron chi connectivity index (χ4n) is 2.80. The van der Waals surface area contributed by atoms with Crippen LogP contribution in [0.25, 0.3) is 0 Å². The summed E-state index contributed by atoms with van der Waals surface area (Å²) in [6.45, 7) is 1.89. The predicted octanol–water partition coefficient (Wildman–Crippen LogP) is 2.28. The molecule has 2 heterocycles. The highest BCUT2D eigenvalue weighted by Crippen LogP contribution is 2.44. The first-order valence-corrected chi connectivity index (χ1v) is 6.44. The Balaban J connectivity index is 1.95. The third kappa shape index (κ3) is 2.03. The van der Waals surface area contributed by atoms with Crippen LogP contribution in [0, 0.1) is 0 Å². The quantitative estimate of drug-likeness (QED) is 0.745. The summed E-state index contributed by atoms with van der Waals surface area (Å²) in [6.07, 6.45) is 2.13. The molecule has 3 rings (SSSR count). The van der Waals surface area contributed by atoms with E-state index in [1.807, 2.05) is 12.1 Å². The monoisotopic (exact) mass is 253 g/mol.